The van der Waals surface area contributed by atoms with Crippen LogP contribution in [0, 0.1) is 0 Å². The molecular weight excluding hydrogens is 351 g/mol. The summed E-state index contributed by atoms with van der Waals surface area (Å²) in [7, 11) is 0. The number of hydrogen-bond donors (Lipinski definition) is 1. The number of halogens is 3. The highest BCUT2D eigenvalue weighted by Crippen LogP contribution is 2.33. The topological polar surface area (TPSA) is 56.8 Å². The molecule has 0 saturated heterocycles. The summed E-state index contributed by atoms with van der Waals surface area (Å²) in [5.41, 5.74) is -0.0307. The Labute approximate surface area is 147 Å². The molecule has 0 fully saturated rings. The van der Waals surface area contributed by atoms with Crippen LogP contribution in [-0.2, 0) is 17.5 Å². The summed E-state index contributed by atoms with van der Waals surface area (Å²) < 4.78 is 53.9. The molecule has 5 nitrogen and oxygen atoms in total. The van der Waals surface area contributed by atoms with Crippen molar-refractivity contribution in [3.8, 4) is 17.2 Å². The highest BCUT2D eigenvalue weighted by Gasteiger charge is 2.30. The van der Waals surface area contributed by atoms with Crippen LogP contribution in [-0.4, -0.2) is 18.8 Å². The van der Waals surface area contributed by atoms with E-state index in [1.54, 1.807) is 18.2 Å². The maximum atomic E-state index is 12.7. The van der Waals surface area contributed by atoms with E-state index in [4.69, 9.17) is 14.2 Å². The van der Waals surface area contributed by atoms with Gasteiger partial charge < -0.3 is 19.5 Å². The van der Waals surface area contributed by atoms with Gasteiger partial charge in [0.2, 0.25) is 6.79 Å². The molecule has 0 aliphatic carbocycles. The molecule has 0 unspecified atom stereocenters. The fourth-order valence-electron chi connectivity index (χ4n) is 2.39. The second kappa shape index (κ2) is 7.15. The van der Waals surface area contributed by atoms with Crippen LogP contribution in [0.3, 0.4) is 0 Å². The number of rotatable bonds is 5. The van der Waals surface area contributed by atoms with Crippen molar-refractivity contribution >= 4 is 5.91 Å². The standard InChI is InChI=1S/C18H16F3NO4/c1-11(26-14-4-2-3-13(8-14)18(19,20)21)17(23)22-9-12-5-6-15-16(7-12)25-10-24-15/h2-8,11H,9-10H2,1H3,(H,22,23)/t11-/m1/s1. The van der Waals surface area contributed by atoms with E-state index < -0.39 is 23.8 Å². The first-order valence-electron chi connectivity index (χ1n) is 7.83. The lowest BCUT2D eigenvalue weighted by Gasteiger charge is -2.16. The van der Waals surface area contributed by atoms with Gasteiger partial charge in [0.05, 0.1) is 5.56 Å². The molecule has 26 heavy (non-hydrogen) atoms. The molecule has 8 heteroatoms. The zero-order chi connectivity index (χ0) is 18.7. The Morgan fingerprint density at radius 1 is 1.19 bits per heavy atom. The van der Waals surface area contributed by atoms with E-state index in [-0.39, 0.29) is 19.1 Å². The Morgan fingerprint density at radius 3 is 2.73 bits per heavy atom. The number of fused-ring (bicyclic) bond motifs is 1. The summed E-state index contributed by atoms with van der Waals surface area (Å²) >= 11 is 0. The van der Waals surface area contributed by atoms with Gasteiger partial charge in [0, 0.05) is 6.54 Å². The number of ether oxygens (including phenoxy) is 3. The minimum Gasteiger partial charge on any atom is -0.481 e. The zero-order valence-corrected chi connectivity index (χ0v) is 13.8. The number of benzene rings is 2. The first-order chi connectivity index (χ1) is 12.3. The van der Waals surface area contributed by atoms with Crippen molar-refractivity contribution < 1.29 is 32.2 Å². The normalized spacial score (nSPS) is 14.0. The lowest BCUT2D eigenvalue weighted by atomic mass is 10.2. The van der Waals surface area contributed by atoms with Crippen LogP contribution in [0.25, 0.3) is 0 Å². The highest BCUT2D eigenvalue weighted by atomic mass is 19.4. The fraction of sp³-hybridized carbons (Fsp3) is 0.278. The quantitative estimate of drug-likeness (QED) is 0.879. The molecule has 2 aromatic rings. The van der Waals surface area contributed by atoms with Crippen molar-refractivity contribution in [2.75, 3.05) is 6.79 Å². The van der Waals surface area contributed by atoms with Crippen LogP contribution in [0.15, 0.2) is 42.5 Å². The predicted molar refractivity (Wildman–Crippen MR) is 85.9 cm³/mol. The van der Waals surface area contributed by atoms with Crippen LogP contribution in [0.1, 0.15) is 18.1 Å². The molecule has 0 radical (unpaired) electrons. The van der Waals surface area contributed by atoms with E-state index in [1.165, 1.54) is 19.1 Å². The zero-order valence-electron chi connectivity index (χ0n) is 13.8. The summed E-state index contributed by atoms with van der Waals surface area (Å²) in [4.78, 5) is 12.1. The van der Waals surface area contributed by atoms with Crippen molar-refractivity contribution in [3.63, 3.8) is 0 Å². The highest BCUT2D eigenvalue weighted by molar-refractivity contribution is 5.80. The molecule has 1 amide bonds. The van der Waals surface area contributed by atoms with E-state index in [1.807, 2.05) is 0 Å². The smallest absolute Gasteiger partial charge is 0.416 e. The minimum absolute atomic E-state index is 0.0226. The number of hydrogen-bond acceptors (Lipinski definition) is 4. The van der Waals surface area contributed by atoms with Gasteiger partial charge in [-0.1, -0.05) is 12.1 Å². The molecule has 1 aliphatic heterocycles. The maximum absolute atomic E-state index is 12.7. The van der Waals surface area contributed by atoms with E-state index in [0.717, 1.165) is 17.7 Å². The average molecular weight is 367 g/mol. The van der Waals surface area contributed by atoms with Gasteiger partial charge in [-0.15, -0.1) is 0 Å². The lowest BCUT2D eigenvalue weighted by Crippen LogP contribution is -2.35. The van der Waals surface area contributed by atoms with Crippen molar-refractivity contribution in [2.45, 2.75) is 25.7 Å². The van der Waals surface area contributed by atoms with Gasteiger partial charge in [-0.25, -0.2) is 0 Å². The Morgan fingerprint density at radius 2 is 1.96 bits per heavy atom. The number of carbonyl (C=O) groups is 1. The van der Waals surface area contributed by atoms with Crippen LogP contribution in [0.2, 0.25) is 0 Å². The molecule has 2 aromatic carbocycles. The second-order valence-corrected chi connectivity index (χ2v) is 5.69. The van der Waals surface area contributed by atoms with Crippen LogP contribution in [0.4, 0.5) is 13.2 Å². The average Bonchev–Trinajstić information content (AvgIpc) is 3.06. The molecule has 1 heterocycles. The number of carbonyl (C=O) groups excluding carboxylic acids is 1. The number of alkyl halides is 3. The summed E-state index contributed by atoms with van der Waals surface area (Å²) in [6, 6.07) is 9.69. The van der Waals surface area contributed by atoms with Gasteiger partial charge >= 0.3 is 6.18 Å². The molecule has 1 atom stereocenters. The van der Waals surface area contributed by atoms with Crippen LogP contribution in [0.5, 0.6) is 17.2 Å². The van der Waals surface area contributed by atoms with Crippen molar-refractivity contribution in [1.82, 2.24) is 5.32 Å². The molecular formula is C18H16F3NO4. The molecule has 3 rings (SSSR count). The summed E-state index contributed by atoms with van der Waals surface area (Å²) in [6.07, 6.45) is -5.42. The van der Waals surface area contributed by atoms with Crippen LogP contribution < -0.4 is 19.5 Å². The molecule has 1 N–H and O–H groups in total. The summed E-state index contributed by atoms with van der Waals surface area (Å²) in [5.74, 6) is 0.775. The van der Waals surface area contributed by atoms with Gasteiger partial charge in [0.15, 0.2) is 17.6 Å². The van der Waals surface area contributed by atoms with Gasteiger partial charge in [0.1, 0.15) is 5.75 Å². The van der Waals surface area contributed by atoms with Gasteiger partial charge in [0.25, 0.3) is 5.91 Å². The molecule has 0 bridgehead atoms. The third-order valence-corrected chi connectivity index (χ3v) is 3.75. The largest absolute Gasteiger partial charge is 0.481 e. The Balaban J connectivity index is 1.56. The predicted octanol–water partition coefficient (Wildman–Crippen LogP) is 3.52. The van der Waals surface area contributed by atoms with E-state index in [2.05, 4.69) is 5.32 Å². The Kier molecular flexibility index (Phi) is 4.92. The number of amides is 1. The summed E-state index contributed by atoms with van der Waals surface area (Å²) in [6.45, 7) is 1.86. The van der Waals surface area contributed by atoms with Crippen molar-refractivity contribution in [2.24, 2.45) is 0 Å². The lowest BCUT2D eigenvalue weighted by molar-refractivity contribution is -0.137. The molecule has 0 spiro atoms. The summed E-state index contributed by atoms with van der Waals surface area (Å²) in [5, 5.41) is 2.67. The first kappa shape index (κ1) is 17.9. The molecule has 1 aliphatic rings. The van der Waals surface area contributed by atoms with Crippen molar-refractivity contribution in [3.05, 3.63) is 53.6 Å². The molecule has 138 valence electrons. The van der Waals surface area contributed by atoms with Crippen LogP contribution >= 0.6 is 0 Å². The molecule has 0 aromatic heterocycles. The fourth-order valence-corrected chi connectivity index (χ4v) is 2.39. The Bertz CT molecular complexity index is 807. The third-order valence-electron chi connectivity index (χ3n) is 3.75. The van der Waals surface area contributed by atoms with E-state index in [9.17, 15) is 18.0 Å². The monoisotopic (exact) mass is 367 g/mol. The van der Waals surface area contributed by atoms with Gasteiger partial charge in [-0.05, 0) is 42.8 Å². The van der Waals surface area contributed by atoms with E-state index >= 15 is 0 Å². The second-order valence-electron chi connectivity index (χ2n) is 5.69. The van der Waals surface area contributed by atoms with Gasteiger partial charge in [-0.3, -0.25) is 4.79 Å². The molecule has 0 saturated carbocycles. The van der Waals surface area contributed by atoms with Crippen molar-refractivity contribution in [1.29, 1.82) is 0 Å². The minimum atomic E-state index is -4.47. The third kappa shape index (κ3) is 4.19. The maximum Gasteiger partial charge on any atom is 0.416 e. The first-order valence-corrected chi connectivity index (χ1v) is 7.83. The van der Waals surface area contributed by atoms with Gasteiger partial charge in [-0.2, -0.15) is 13.2 Å². The SMILES string of the molecule is C[C@@H](Oc1cccc(C(F)(F)F)c1)C(=O)NCc1ccc2c(c1)OCO2. The number of nitrogens with one attached hydrogen (secondary N) is 1. The Hall–Kier alpha value is -2.90. The van der Waals surface area contributed by atoms with E-state index in [0.29, 0.717) is 11.5 Å².